The predicted octanol–water partition coefficient (Wildman–Crippen LogP) is 3.92. The SMILES string of the molecule is [As]C1CCN(c2ncnc3scc(-c4ccccc4)c23)CC1. The zero-order valence-corrected chi connectivity index (χ0v) is 14.8. The summed E-state index contributed by atoms with van der Waals surface area (Å²) in [5.41, 5.74) is 2.50. The molecule has 3 nitrogen and oxygen atoms in total. The molecule has 4 rings (SSSR count). The van der Waals surface area contributed by atoms with Gasteiger partial charge in [-0.2, -0.15) is 0 Å². The van der Waals surface area contributed by atoms with Crippen molar-refractivity contribution >= 4 is 44.2 Å². The van der Waals surface area contributed by atoms with Crippen molar-refractivity contribution in [2.24, 2.45) is 0 Å². The molecule has 0 bridgehead atoms. The Balaban J connectivity index is 1.83. The first-order valence-corrected chi connectivity index (χ1v) is 9.50. The molecule has 0 atom stereocenters. The molecule has 1 aliphatic heterocycles. The molecule has 110 valence electrons. The van der Waals surface area contributed by atoms with E-state index >= 15 is 0 Å². The number of rotatable bonds is 2. The van der Waals surface area contributed by atoms with Crippen molar-refractivity contribution in [3.05, 3.63) is 42.0 Å². The van der Waals surface area contributed by atoms with Crippen LogP contribution in [0.5, 0.6) is 0 Å². The predicted molar refractivity (Wildman–Crippen MR) is 93.8 cm³/mol. The molecular formula is C17H16AsN3S. The van der Waals surface area contributed by atoms with Gasteiger partial charge in [0, 0.05) is 0 Å². The van der Waals surface area contributed by atoms with Gasteiger partial charge in [-0.3, -0.25) is 0 Å². The summed E-state index contributed by atoms with van der Waals surface area (Å²) in [6.07, 6.45) is 4.14. The summed E-state index contributed by atoms with van der Waals surface area (Å²) in [5.74, 6) is 1.10. The molecule has 0 N–H and O–H groups in total. The molecule has 0 saturated carbocycles. The molecule has 1 aromatic carbocycles. The van der Waals surface area contributed by atoms with E-state index in [1.807, 2.05) is 0 Å². The monoisotopic (exact) mass is 369 g/mol. The van der Waals surface area contributed by atoms with Crippen molar-refractivity contribution in [1.29, 1.82) is 0 Å². The van der Waals surface area contributed by atoms with Crippen LogP contribution in [0, 0.1) is 0 Å². The fraction of sp³-hybridized carbons (Fsp3) is 0.294. The fourth-order valence-electron chi connectivity index (χ4n) is 3.01. The van der Waals surface area contributed by atoms with E-state index in [1.54, 1.807) is 17.7 Å². The molecule has 3 heterocycles. The average Bonchev–Trinajstić information content (AvgIpc) is 3.00. The number of thiophene rings is 1. The van der Waals surface area contributed by atoms with Crippen LogP contribution in [-0.2, 0) is 0 Å². The summed E-state index contributed by atoms with van der Waals surface area (Å²) in [6, 6.07) is 10.5. The van der Waals surface area contributed by atoms with Crippen molar-refractivity contribution in [2.45, 2.75) is 17.5 Å². The Bertz CT molecular complexity index is 779. The number of aromatic nitrogens is 2. The van der Waals surface area contributed by atoms with E-state index in [0.717, 1.165) is 28.4 Å². The number of nitrogens with zero attached hydrogens (tertiary/aromatic N) is 3. The zero-order valence-electron chi connectivity index (χ0n) is 12.1. The maximum atomic E-state index is 4.63. The summed E-state index contributed by atoms with van der Waals surface area (Å²) in [4.78, 5) is 12.6. The summed E-state index contributed by atoms with van der Waals surface area (Å²) < 4.78 is 0.761. The average molecular weight is 369 g/mol. The van der Waals surface area contributed by atoms with Crippen molar-refractivity contribution in [3.8, 4) is 11.1 Å². The second-order valence-electron chi connectivity index (χ2n) is 5.61. The molecule has 0 unspecified atom stereocenters. The summed E-state index contributed by atoms with van der Waals surface area (Å²) in [7, 11) is 0. The third kappa shape index (κ3) is 2.55. The Labute approximate surface area is 142 Å². The van der Waals surface area contributed by atoms with Crippen LogP contribution in [0.4, 0.5) is 5.82 Å². The van der Waals surface area contributed by atoms with E-state index in [4.69, 9.17) is 0 Å². The van der Waals surface area contributed by atoms with Crippen molar-refractivity contribution < 1.29 is 0 Å². The van der Waals surface area contributed by atoms with Crippen molar-refractivity contribution in [2.75, 3.05) is 18.0 Å². The molecule has 5 heteroatoms. The molecule has 2 radical (unpaired) electrons. The molecule has 1 saturated heterocycles. The summed E-state index contributed by atoms with van der Waals surface area (Å²) in [6.45, 7) is 2.16. The quantitative estimate of drug-likeness (QED) is 0.642. The Morgan fingerprint density at radius 2 is 1.86 bits per heavy atom. The van der Waals surface area contributed by atoms with E-state index < -0.39 is 0 Å². The van der Waals surface area contributed by atoms with Crippen LogP contribution in [0.3, 0.4) is 0 Å². The van der Waals surface area contributed by atoms with Crippen LogP contribution in [0.15, 0.2) is 42.0 Å². The summed E-state index contributed by atoms with van der Waals surface area (Å²) >= 11 is 4.51. The van der Waals surface area contributed by atoms with E-state index in [9.17, 15) is 0 Å². The molecular weight excluding hydrogens is 353 g/mol. The normalized spacial score (nSPS) is 16.3. The van der Waals surface area contributed by atoms with Crippen LogP contribution < -0.4 is 4.90 Å². The van der Waals surface area contributed by atoms with E-state index in [1.165, 1.54) is 29.4 Å². The Kier molecular flexibility index (Phi) is 3.89. The summed E-state index contributed by atoms with van der Waals surface area (Å²) in [5, 5.41) is 3.42. The fourth-order valence-corrected chi connectivity index (χ4v) is 4.40. The molecule has 1 fully saturated rings. The minimum absolute atomic E-state index is 0.761. The topological polar surface area (TPSA) is 29.0 Å². The van der Waals surface area contributed by atoms with Crippen molar-refractivity contribution in [3.63, 3.8) is 0 Å². The number of hydrogen-bond donors (Lipinski definition) is 0. The third-order valence-electron chi connectivity index (χ3n) is 4.20. The molecule has 0 aliphatic carbocycles. The van der Waals surface area contributed by atoms with Gasteiger partial charge in [0.1, 0.15) is 0 Å². The van der Waals surface area contributed by atoms with Crippen LogP contribution in [-0.4, -0.2) is 39.9 Å². The van der Waals surface area contributed by atoms with Gasteiger partial charge >= 0.3 is 143 Å². The van der Waals surface area contributed by atoms with E-state index in [-0.39, 0.29) is 0 Å². The number of anilines is 1. The molecule has 0 amide bonds. The molecule has 2 aromatic heterocycles. The number of hydrogen-bond acceptors (Lipinski definition) is 4. The Hall–Kier alpha value is -1.38. The third-order valence-corrected chi connectivity index (χ3v) is 6.17. The van der Waals surface area contributed by atoms with Gasteiger partial charge < -0.3 is 0 Å². The molecule has 1 aliphatic rings. The Morgan fingerprint density at radius 3 is 2.64 bits per heavy atom. The van der Waals surface area contributed by atoms with E-state index in [2.05, 4.69) is 67.4 Å². The van der Waals surface area contributed by atoms with Gasteiger partial charge in [0.05, 0.1) is 0 Å². The van der Waals surface area contributed by atoms with Gasteiger partial charge in [0.25, 0.3) is 0 Å². The minimum atomic E-state index is 0.761. The van der Waals surface area contributed by atoms with Crippen LogP contribution >= 0.6 is 11.3 Å². The van der Waals surface area contributed by atoms with Gasteiger partial charge in [-0.1, -0.05) is 0 Å². The standard InChI is InChI=1S/C17H16AsN3S/c18-13-6-8-21(9-7-13)16-15-14(12-4-2-1-3-5-12)10-22-17(15)20-11-19-16/h1-5,10-11,13H,6-9H2. The first kappa shape index (κ1) is 14.2. The number of benzene rings is 1. The molecule has 0 spiro atoms. The second-order valence-corrected chi connectivity index (χ2v) is 8.00. The Morgan fingerprint density at radius 1 is 1.09 bits per heavy atom. The first-order chi connectivity index (χ1) is 10.8. The first-order valence-electron chi connectivity index (χ1n) is 7.53. The molecule has 22 heavy (non-hydrogen) atoms. The van der Waals surface area contributed by atoms with Gasteiger partial charge in [-0.25, -0.2) is 0 Å². The van der Waals surface area contributed by atoms with Crippen LogP contribution in [0.1, 0.15) is 12.8 Å². The van der Waals surface area contributed by atoms with Gasteiger partial charge in [0.15, 0.2) is 0 Å². The van der Waals surface area contributed by atoms with Gasteiger partial charge in [0.2, 0.25) is 0 Å². The second kappa shape index (κ2) is 6.02. The van der Waals surface area contributed by atoms with Gasteiger partial charge in [-0.15, -0.1) is 0 Å². The number of fused-ring (bicyclic) bond motifs is 1. The van der Waals surface area contributed by atoms with Crippen LogP contribution in [0.2, 0.25) is 4.71 Å². The number of piperidine rings is 1. The molecule has 3 aromatic rings. The van der Waals surface area contributed by atoms with Crippen molar-refractivity contribution in [1.82, 2.24) is 9.97 Å². The van der Waals surface area contributed by atoms with Crippen LogP contribution in [0.25, 0.3) is 21.3 Å². The zero-order chi connectivity index (χ0) is 14.9. The maximum absolute atomic E-state index is 4.63. The van der Waals surface area contributed by atoms with Gasteiger partial charge in [-0.05, 0) is 0 Å². The van der Waals surface area contributed by atoms with E-state index in [0.29, 0.717) is 0 Å².